The van der Waals surface area contributed by atoms with Gasteiger partial charge in [-0.05, 0) is 31.9 Å². The average Bonchev–Trinajstić information content (AvgIpc) is 3.56. The molecule has 186 valence electrons. The Bertz CT molecular complexity index is 1400. The SMILES string of the molecule is CP(C)c1cc2ccccc2[cH-]1.[Cl][Ti][Cl].c1ccc(P(c2ccccc2)c2cc3ccccc3[cH-]2)cc1. The van der Waals surface area contributed by atoms with Gasteiger partial charge in [0.1, 0.15) is 0 Å². The molecule has 0 atom stereocenters. The maximum atomic E-state index is 4.89. The van der Waals surface area contributed by atoms with E-state index in [0.29, 0.717) is 0 Å². The first-order valence-electron chi connectivity index (χ1n) is 12.0. The summed E-state index contributed by atoms with van der Waals surface area (Å²) in [6.45, 7) is 4.59. The van der Waals surface area contributed by atoms with Crippen LogP contribution in [0.15, 0.2) is 133 Å². The van der Waals surface area contributed by atoms with Gasteiger partial charge in [-0.3, -0.25) is 0 Å². The Hall–Kier alpha value is -1.75. The standard InChI is InChI=1S/C21H16P.C11H12P.2ClH.Ti/c1-3-11-19(12-4-1)22(20-13-5-2-6-14-20)21-15-17-9-7-8-10-18(17)16-21;1-12(2)11-7-9-5-3-4-6-10(9)8-11;;;/h1-16H;3-8H,1-2H3;2*1H;/q2*-1;;;+2/p-2. The van der Waals surface area contributed by atoms with Gasteiger partial charge in [0.05, 0.1) is 0 Å². The summed E-state index contributed by atoms with van der Waals surface area (Å²) >= 11 is -0.556. The summed E-state index contributed by atoms with van der Waals surface area (Å²) in [6, 6.07) is 48.2. The molecule has 0 amide bonds. The van der Waals surface area contributed by atoms with Crippen LogP contribution in [-0.2, 0) is 17.0 Å². The van der Waals surface area contributed by atoms with Crippen molar-refractivity contribution in [3.8, 4) is 0 Å². The minimum atomic E-state index is -0.556. The minimum absolute atomic E-state index is 0.0576. The quantitative estimate of drug-likeness (QED) is 0.109. The summed E-state index contributed by atoms with van der Waals surface area (Å²) in [7, 11) is 9.34. The van der Waals surface area contributed by atoms with Crippen molar-refractivity contribution >= 4 is 77.2 Å². The zero-order chi connectivity index (χ0) is 26.0. The van der Waals surface area contributed by atoms with Crippen molar-refractivity contribution in [3.63, 3.8) is 0 Å². The van der Waals surface area contributed by atoms with Gasteiger partial charge in [0, 0.05) is 0 Å². The third-order valence-corrected chi connectivity index (χ3v) is 9.70. The van der Waals surface area contributed by atoms with Gasteiger partial charge in [0.25, 0.3) is 0 Å². The first-order chi connectivity index (χ1) is 18.1. The number of benzene rings is 4. The second-order valence-electron chi connectivity index (χ2n) is 8.66. The van der Waals surface area contributed by atoms with Crippen molar-refractivity contribution in [2.45, 2.75) is 0 Å². The fourth-order valence-electron chi connectivity index (χ4n) is 4.26. The molecule has 6 aromatic carbocycles. The smallest absolute Gasteiger partial charge is 0.0166 e. The van der Waals surface area contributed by atoms with E-state index in [-0.39, 0.29) is 7.92 Å². The van der Waals surface area contributed by atoms with Gasteiger partial charge in [-0.25, -0.2) is 0 Å². The molecule has 5 heteroatoms. The van der Waals surface area contributed by atoms with E-state index in [2.05, 4.69) is 147 Å². The molecule has 0 heterocycles. The zero-order valence-electron chi connectivity index (χ0n) is 20.9. The van der Waals surface area contributed by atoms with Crippen LogP contribution >= 0.6 is 34.5 Å². The summed E-state index contributed by atoms with van der Waals surface area (Å²) in [6.07, 6.45) is 0. The Morgan fingerprint density at radius 2 is 0.919 bits per heavy atom. The summed E-state index contributed by atoms with van der Waals surface area (Å²) < 4.78 is 0. The van der Waals surface area contributed by atoms with Crippen LogP contribution in [-0.4, -0.2) is 13.3 Å². The third kappa shape index (κ3) is 7.65. The molecule has 0 aliphatic rings. The van der Waals surface area contributed by atoms with E-state index >= 15 is 0 Å². The molecule has 0 aliphatic heterocycles. The van der Waals surface area contributed by atoms with E-state index < -0.39 is 25.0 Å². The largest absolute Gasteiger partial charge is 0.160 e. The monoisotopic (exact) mass is 592 g/mol. The Morgan fingerprint density at radius 1 is 0.541 bits per heavy atom. The second-order valence-corrected chi connectivity index (χ2v) is 15.8. The number of halogens is 2. The van der Waals surface area contributed by atoms with Crippen molar-refractivity contribution in [1.82, 2.24) is 0 Å². The molecule has 0 fully saturated rings. The third-order valence-electron chi connectivity index (χ3n) is 6.01. The second kappa shape index (κ2) is 14.4. The molecule has 6 aromatic rings. The van der Waals surface area contributed by atoms with E-state index in [1.807, 2.05) is 0 Å². The number of fused-ring (bicyclic) bond motifs is 2. The molecule has 0 N–H and O–H groups in total. The molecule has 0 bridgehead atoms. The minimum Gasteiger partial charge on any atom is -0.160 e. The van der Waals surface area contributed by atoms with E-state index in [4.69, 9.17) is 18.6 Å². The van der Waals surface area contributed by atoms with E-state index in [1.54, 1.807) is 0 Å². The van der Waals surface area contributed by atoms with Crippen LogP contribution in [0.5, 0.6) is 0 Å². The Balaban J connectivity index is 0.000000180. The molecule has 0 unspecified atom stereocenters. The van der Waals surface area contributed by atoms with Gasteiger partial charge in [0.2, 0.25) is 0 Å². The van der Waals surface area contributed by atoms with Gasteiger partial charge in [-0.1, -0.05) is 72.8 Å². The maximum Gasteiger partial charge on any atom is -0.0166 e. The Morgan fingerprint density at radius 3 is 1.35 bits per heavy atom. The fourth-order valence-corrected chi connectivity index (χ4v) is 7.42. The number of hydrogen-bond acceptors (Lipinski definition) is 0. The molecule has 6 rings (SSSR count). The van der Waals surface area contributed by atoms with E-state index in [0.717, 1.165) is 0 Å². The van der Waals surface area contributed by atoms with Gasteiger partial charge in [0.15, 0.2) is 0 Å². The van der Waals surface area contributed by atoms with Crippen LogP contribution in [0.4, 0.5) is 0 Å². The van der Waals surface area contributed by atoms with Gasteiger partial charge >= 0.3 is 35.6 Å². The normalized spacial score (nSPS) is 10.6. The maximum absolute atomic E-state index is 4.89. The Kier molecular flexibility index (Phi) is 11.0. The summed E-state index contributed by atoms with van der Waals surface area (Å²) in [5.41, 5.74) is 0. The number of hydrogen-bond donors (Lipinski definition) is 0. The molecule has 37 heavy (non-hydrogen) atoms. The summed E-state index contributed by atoms with van der Waals surface area (Å²) in [5.74, 6) is 0. The predicted molar refractivity (Wildman–Crippen MR) is 168 cm³/mol. The zero-order valence-corrected chi connectivity index (χ0v) is 25.7. The fraction of sp³-hybridized carbons (Fsp3) is 0.0625. The van der Waals surface area contributed by atoms with Crippen LogP contribution in [0.2, 0.25) is 0 Å². The van der Waals surface area contributed by atoms with Gasteiger partial charge < -0.3 is 0 Å². The molecule has 0 aliphatic carbocycles. The van der Waals surface area contributed by atoms with Gasteiger partial charge in [-0.15, -0.1) is 88.6 Å². The Labute approximate surface area is 239 Å². The van der Waals surface area contributed by atoms with Crippen molar-refractivity contribution < 1.29 is 17.0 Å². The van der Waals surface area contributed by atoms with Crippen molar-refractivity contribution in [3.05, 3.63) is 133 Å². The average molecular weight is 593 g/mol. The van der Waals surface area contributed by atoms with Crippen molar-refractivity contribution in [2.75, 3.05) is 13.3 Å². The molecular formula is C32H28Cl2P2Ti-2. The van der Waals surface area contributed by atoms with Crippen molar-refractivity contribution in [1.29, 1.82) is 0 Å². The topological polar surface area (TPSA) is 0 Å². The molecule has 0 saturated heterocycles. The van der Waals surface area contributed by atoms with E-state index in [1.165, 1.54) is 42.8 Å². The number of rotatable bonds is 4. The van der Waals surface area contributed by atoms with Gasteiger partial charge in [-0.2, -0.15) is 12.1 Å². The first-order valence-corrected chi connectivity index (χ1v) is 19.8. The molecular weight excluding hydrogens is 565 g/mol. The van der Waals surface area contributed by atoms with Crippen LogP contribution in [0.25, 0.3) is 21.5 Å². The molecule has 0 spiro atoms. The van der Waals surface area contributed by atoms with Crippen LogP contribution < -0.4 is 21.2 Å². The molecule has 0 radical (unpaired) electrons. The first kappa shape index (κ1) is 28.3. The van der Waals surface area contributed by atoms with Crippen LogP contribution in [0, 0.1) is 0 Å². The van der Waals surface area contributed by atoms with E-state index in [9.17, 15) is 0 Å². The van der Waals surface area contributed by atoms with Crippen molar-refractivity contribution in [2.24, 2.45) is 0 Å². The van der Waals surface area contributed by atoms with Crippen LogP contribution in [0.1, 0.15) is 0 Å². The summed E-state index contributed by atoms with van der Waals surface area (Å²) in [5, 5.41) is 11.2. The molecule has 0 saturated carbocycles. The van der Waals surface area contributed by atoms with Crippen LogP contribution in [0.3, 0.4) is 0 Å². The molecule has 0 nitrogen and oxygen atoms in total. The summed E-state index contributed by atoms with van der Waals surface area (Å²) in [4.78, 5) is 0. The molecule has 0 aromatic heterocycles. The predicted octanol–water partition coefficient (Wildman–Crippen LogP) is 8.62.